The van der Waals surface area contributed by atoms with Gasteiger partial charge in [-0.1, -0.05) is 6.07 Å². The van der Waals surface area contributed by atoms with Crippen molar-refractivity contribution < 1.29 is 19.2 Å². The summed E-state index contributed by atoms with van der Waals surface area (Å²) >= 11 is 0. The topological polar surface area (TPSA) is 116 Å². The van der Waals surface area contributed by atoms with E-state index >= 15 is 0 Å². The van der Waals surface area contributed by atoms with Crippen molar-refractivity contribution in [1.29, 1.82) is 0 Å². The molecule has 0 bridgehead atoms. The first kappa shape index (κ1) is 21.1. The van der Waals surface area contributed by atoms with Crippen molar-refractivity contribution in [2.24, 2.45) is 0 Å². The predicted octanol–water partition coefficient (Wildman–Crippen LogP) is 4.93. The molecule has 1 aliphatic rings. The molecule has 164 valence electrons. The van der Waals surface area contributed by atoms with Crippen LogP contribution in [0.1, 0.15) is 28.8 Å². The number of nitrogens with one attached hydrogen (secondary N) is 2. The molecule has 0 unspecified atom stereocenters. The van der Waals surface area contributed by atoms with Gasteiger partial charge in [0.2, 0.25) is 5.88 Å². The van der Waals surface area contributed by atoms with Gasteiger partial charge in [-0.05, 0) is 55.7 Å². The largest absolute Gasteiger partial charge is 0.493 e. The molecular formula is C23H22N4O5. The SMILES string of the molecule is COc1cc(C)ccc1Oc1ccc(NC(=O)c2ccc(NC3CC3)c([N+](=O)[O-])c2)cn1. The number of benzene rings is 2. The second-order valence-corrected chi connectivity index (χ2v) is 7.50. The van der Waals surface area contributed by atoms with Crippen LogP contribution in [-0.4, -0.2) is 29.0 Å². The number of hydrogen-bond donors (Lipinski definition) is 2. The molecule has 2 aromatic carbocycles. The first-order valence-corrected chi connectivity index (χ1v) is 10.1. The first-order chi connectivity index (χ1) is 15.4. The molecule has 1 saturated carbocycles. The van der Waals surface area contributed by atoms with E-state index in [2.05, 4.69) is 15.6 Å². The van der Waals surface area contributed by atoms with Gasteiger partial charge in [0, 0.05) is 23.7 Å². The van der Waals surface area contributed by atoms with Crippen molar-refractivity contribution in [2.75, 3.05) is 17.7 Å². The molecule has 1 aromatic heterocycles. The summed E-state index contributed by atoms with van der Waals surface area (Å²) in [5.74, 6) is 0.970. The standard InChI is InChI=1S/C23H22N4O5/c1-14-3-9-20(21(11-14)31-2)32-22-10-7-17(13-24-22)26-23(28)15-4-8-18(25-16-5-6-16)19(12-15)27(29)30/h3-4,7-13,16,25H,5-6H2,1-2H3,(H,26,28). The van der Waals surface area contributed by atoms with E-state index in [4.69, 9.17) is 9.47 Å². The van der Waals surface area contributed by atoms with E-state index < -0.39 is 10.8 Å². The Morgan fingerprint density at radius 1 is 1.12 bits per heavy atom. The van der Waals surface area contributed by atoms with E-state index in [1.54, 1.807) is 37.4 Å². The van der Waals surface area contributed by atoms with Crippen LogP contribution in [0.15, 0.2) is 54.7 Å². The molecule has 4 rings (SSSR count). The van der Waals surface area contributed by atoms with Crippen LogP contribution in [0, 0.1) is 17.0 Å². The van der Waals surface area contributed by atoms with Crippen molar-refractivity contribution in [1.82, 2.24) is 4.98 Å². The highest BCUT2D eigenvalue weighted by atomic mass is 16.6. The van der Waals surface area contributed by atoms with Crippen LogP contribution in [0.3, 0.4) is 0 Å². The number of rotatable bonds is 8. The third kappa shape index (κ3) is 4.94. The molecule has 1 amide bonds. The predicted molar refractivity (Wildman–Crippen MR) is 120 cm³/mol. The van der Waals surface area contributed by atoms with Gasteiger partial charge < -0.3 is 20.1 Å². The zero-order valence-corrected chi connectivity index (χ0v) is 17.6. The number of nitro groups is 1. The summed E-state index contributed by atoms with van der Waals surface area (Å²) in [6, 6.07) is 13.5. The van der Waals surface area contributed by atoms with Crippen LogP contribution in [-0.2, 0) is 0 Å². The minimum Gasteiger partial charge on any atom is -0.493 e. The summed E-state index contributed by atoms with van der Waals surface area (Å²) in [5.41, 5.74) is 1.95. The lowest BCUT2D eigenvalue weighted by Gasteiger charge is -2.11. The summed E-state index contributed by atoms with van der Waals surface area (Å²) in [4.78, 5) is 27.7. The molecule has 0 radical (unpaired) electrons. The number of nitrogens with zero attached hydrogens (tertiary/aromatic N) is 2. The summed E-state index contributed by atoms with van der Waals surface area (Å²) in [6.45, 7) is 1.95. The zero-order valence-electron chi connectivity index (χ0n) is 17.6. The normalized spacial score (nSPS) is 12.7. The number of anilines is 2. The molecule has 1 fully saturated rings. The molecule has 0 saturated heterocycles. The Labute approximate surface area is 184 Å². The molecule has 0 aliphatic heterocycles. The summed E-state index contributed by atoms with van der Waals surface area (Å²) in [6.07, 6.45) is 3.43. The Morgan fingerprint density at radius 3 is 2.59 bits per heavy atom. The van der Waals surface area contributed by atoms with Crippen LogP contribution in [0.2, 0.25) is 0 Å². The maximum atomic E-state index is 12.6. The van der Waals surface area contributed by atoms with Gasteiger partial charge in [0.1, 0.15) is 5.69 Å². The van der Waals surface area contributed by atoms with Crippen LogP contribution in [0.5, 0.6) is 17.4 Å². The highest BCUT2D eigenvalue weighted by molar-refractivity contribution is 6.05. The van der Waals surface area contributed by atoms with Gasteiger partial charge in [-0.2, -0.15) is 0 Å². The van der Waals surface area contributed by atoms with Crippen molar-refractivity contribution in [3.63, 3.8) is 0 Å². The fourth-order valence-electron chi connectivity index (χ4n) is 3.08. The fourth-order valence-corrected chi connectivity index (χ4v) is 3.08. The number of pyridine rings is 1. The smallest absolute Gasteiger partial charge is 0.293 e. The minimum atomic E-state index is -0.492. The number of ether oxygens (including phenoxy) is 2. The lowest BCUT2D eigenvalue weighted by Crippen LogP contribution is -2.13. The molecular weight excluding hydrogens is 412 g/mol. The number of carbonyl (C=O) groups excluding carboxylic acids is 1. The van der Waals surface area contributed by atoms with Crippen LogP contribution in [0.25, 0.3) is 0 Å². The lowest BCUT2D eigenvalue weighted by molar-refractivity contribution is -0.384. The Morgan fingerprint density at radius 2 is 1.94 bits per heavy atom. The van der Waals surface area contributed by atoms with Gasteiger partial charge in [-0.15, -0.1) is 0 Å². The van der Waals surface area contributed by atoms with Crippen LogP contribution >= 0.6 is 0 Å². The monoisotopic (exact) mass is 434 g/mol. The molecule has 9 heteroatoms. The number of carbonyl (C=O) groups is 1. The van der Waals surface area contributed by atoms with Gasteiger partial charge in [0.05, 0.1) is 23.9 Å². The van der Waals surface area contributed by atoms with Gasteiger partial charge in [-0.3, -0.25) is 14.9 Å². The van der Waals surface area contributed by atoms with Crippen molar-refractivity contribution in [3.05, 3.63) is 76.0 Å². The summed E-state index contributed by atoms with van der Waals surface area (Å²) in [5, 5.41) is 17.2. The number of methoxy groups -OCH3 is 1. The summed E-state index contributed by atoms with van der Waals surface area (Å²) < 4.78 is 11.1. The highest BCUT2D eigenvalue weighted by Crippen LogP contribution is 2.33. The molecule has 1 heterocycles. The van der Waals surface area contributed by atoms with E-state index in [0.29, 0.717) is 28.8 Å². The fraction of sp³-hybridized carbons (Fsp3) is 0.217. The number of aromatic nitrogens is 1. The number of aryl methyl sites for hydroxylation is 1. The lowest BCUT2D eigenvalue weighted by atomic mass is 10.1. The zero-order chi connectivity index (χ0) is 22.7. The van der Waals surface area contributed by atoms with Gasteiger partial charge in [-0.25, -0.2) is 4.98 Å². The Hall–Kier alpha value is -4.14. The summed E-state index contributed by atoms with van der Waals surface area (Å²) in [7, 11) is 1.56. The Kier molecular flexibility index (Phi) is 5.89. The molecule has 9 nitrogen and oxygen atoms in total. The molecule has 32 heavy (non-hydrogen) atoms. The number of amides is 1. The molecule has 1 aliphatic carbocycles. The number of nitro benzene ring substituents is 1. The van der Waals surface area contributed by atoms with E-state index in [0.717, 1.165) is 18.4 Å². The van der Waals surface area contributed by atoms with E-state index in [9.17, 15) is 14.9 Å². The van der Waals surface area contributed by atoms with Gasteiger partial charge >= 0.3 is 0 Å². The van der Waals surface area contributed by atoms with E-state index in [1.807, 2.05) is 19.1 Å². The Bertz CT molecular complexity index is 1160. The van der Waals surface area contributed by atoms with E-state index in [1.165, 1.54) is 12.3 Å². The maximum absolute atomic E-state index is 12.6. The van der Waals surface area contributed by atoms with Crippen LogP contribution in [0.4, 0.5) is 17.1 Å². The highest BCUT2D eigenvalue weighted by Gasteiger charge is 2.25. The first-order valence-electron chi connectivity index (χ1n) is 10.1. The third-order valence-electron chi connectivity index (χ3n) is 4.92. The molecule has 0 atom stereocenters. The third-order valence-corrected chi connectivity index (χ3v) is 4.92. The maximum Gasteiger partial charge on any atom is 0.293 e. The van der Waals surface area contributed by atoms with E-state index in [-0.39, 0.29) is 17.3 Å². The Balaban J connectivity index is 1.45. The van der Waals surface area contributed by atoms with Gasteiger partial charge in [0.25, 0.3) is 11.6 Å². The van der Waals surface area contributed by atoms with Crippen molar-refractivity contribution in [3.8, 4) is 17.4 Å². The van der Waals surface area contributed by atoms with Gasteiger partial charge in [0.15, 0.2) is 11.5 Å². The molecule has 3 aromatic rings. The molecule has 2 N–H and O–H groups in total. The second kappa shape index (κ2) is 8.93. The minimum absolute atomic E-state index is 0.126. The quantitative estimate of drug-likeness (QED) is 0.382. The average molecular weight is 434 g/mol. The second-order valence-electron chi connectivity index (χ2n) is 7.50. The van der Waals surface area contributed by atoms with Crippen LogP contribution < -0.4 is 20.1 Å². The average Bonchev–Trinajstić information content (AvgIpc) is 3.60. The molecule has 0 spiro atoms. The van der Waals surface area contributed by atoms with Crippen molar-refractivity contribution in [2.45, 2.75) is 25.8 Å². The number of hydrogen-bond acceptors (Lipinski definition) is 7. The van der Waals surface area contributed by atoms with Crippen molar-refractivity contribution >= 4 is 23.0 Å².